The fourth-order valence-electron chi connectivity index (χ4n) is 12.4. The molecule has 318 valence electrons. The first-order valence-corrected chi connectivity index (χ1v) is 23.8. The third-order valence-electron chi connectivity index (χ3n) is 15.2. The number of fused-ring (bicyclic) bond motifs is 10. The Kier molecular flexibility index (Phi) is 8.70. The minimum absolute atomic E-state index is 0.0920. The van der Waals surface area contributed by atoms with Gasteiger partial charge >= 0.3 is 0 Å². The van der Waals surface area contributed by atoms with Crippen molar-refractivity contribution in [1.82, 2.24) is 0 Å². The molecule has 11 aromatic carbocycles. The summed E-state index contributed by atoms with van der Waals surface area (Å²) in [5.74, 6) is -0.0920. The quantitative estimate of drug-likeness (QED) is 0.146. The van der Waals surface area contributed by atoms with E-state index in [1.54, 1.807) is 0 Å². The van der Waals surface area contributed by atoms with E-state index in [2.05, 4.69) is 249 Å². The van der Waals surface area contributed by atoms with Crippen LogP contribution in [0, 0.1) is 0 Å². The minimum atomic E-state index is -0.518. The monoisotopic (exact) mass is 864 g/mol. The molecule has 2 aliphatic carbocycles. The van der Waals surface area contributed by atoms with Crippen LogP contribution >= 0.6 is 0 Å². The molecule has 2 aliphatic rings. The van der Waals surface area contributed by atoms with E-state index in [0.29, 0.717) is 0 Å². The molecule has 0 spiro atoms. The number of benzene rings is 11. The van der Waals surface area contributed by atoms with Crippen LogP contribution in [0.1, 0.15) is 56.0 Å². The molecule has 14 rings (SSSR count). The summed E-state index contributed by atoms with van der Waals surface area (Å²) >= 11 is 0. The molecule has 1 unspecified atom stereocenters. The highest BCUT2D eigenvalue weighted by Gasteiger charge is 2.46. The summed E-state index contributed by atoms with van der Waals surface area (Å²) in [6, 6.07) is 92.4. The summed E-state index contributed by atoms with van der Waals surface area (Å²) in [5.41, 5.74) is 23.2. The van der Waals surface area contributed by atoms with Crippen molar-refractivity contribution in [3.63, 3.8) is 0 Å². The zero-order valence-corrected chi connectivity index (χ0v) is 37.4. The van der Waals surface area contributed by atoms with Gasteiger partial charge in [0.15, 0.2) is 0 Å². The van der Waals surface area contributed by atoms with Crippen molar-refractivity contribution in [3.05, 3.63) is 299 Å². The average Bonchev–Trinajstić information content (AvgIpc) is 4.08. The van der Waals surface area contributed by atoms with E-state index in [4.69, 9.17) is 4.42 Å². The Labute approximate surface area is 396 Å². The third kappa shape index (κ3) is 5.63. The van der Waals surface area contributed by atoms with Gasteiger partial charge in [0.2, 0.25) is 0 Å². The van der Waals surface area contributed by atoms with Crippen LogP contribution in [0.3, 0.4) is 0 Å². The van der Waals surface area contributed by atoms with Crippen molar-refractivity contribution in [1.29, 1.82) is 0 Å². The van der Waals surface area contributed by atoms with E-state index in [-0.39, 0.29) is 5.92 Å². The van der Waals surface area contributed by atoms with E-state index in [0.717, 1.165) is 33.9 Å². The number of furan rings is 1. The van der Waals surface area contributed by atoms with E-state index in [9.17, 15) is 0 Å². The average molecular weight is 865 g/mol. The number of hydrogen-bond acceptors (Lipinski definition) is 1. The third-order valence-corrected chi connectivity index (χ3v) is 15.2. The Hall–Kier alpha value is -8.52. The minimum Gasteiger partial charge on any atom is -0.455 e. The predicted molar refractivity (Wildman–Crippen MR) is 281 cm³/mol. The molecule has 1 heteroatoms. The molecule has 0 radical (unpaired) electrons. The van der Waals surface area contributed by atoms with Crippen molar-refractivity contribution in [2.24, 2.45) is 0 Å². The summed E-state index contributed by atoms with van der Waals surface area (Å²) in [5, 5.41) is 4.77. The van der Waals surface area contributed by atoms with E-state index in [1.807, 2.05) is 0 Å². The molecular weight excluding hydrogens is 821 g/mol. The summed E-state index contributed by atoms with van der Waals surface area (Å²) in [6.45, 7) is 0. The zero-order valence-electron chi connectivity index (χ0n) is 37.4. The molecular formula is C67H44O. The smallest absolute Gasteiger partial charge is 0.143 e. The molecule has 1 heterocycles. The lowest BCUT2D eigenvalue weighted by Gasteiger charge is -2.34. The van der Waals surface area contributed by atoms with Gasteiger partial charge in [-0.3, -0.25) is 0 Å². The molecule has 0 bridgehead atoms. The fraction of sp³-hybridized carbons (Fsp3) is 0.0448. The summed E-state index contributed by atoms with van der Waals surface area (Å²) in [6.07, 6.45) is 0.802. The van der Waals surface area contributed by atoms with Crippen molar-refractivity contribution in [2.45, 2.75) is 17.8 Å². The number of hydrogen-bond donors (Lipinski definition) is 0. The topological polar surface area (TPSA) is 13.1 Å². The molecule has 0 N–H and O–H groups in total. The molecule has 0 aliphatic heterocycles. The Morgan fingerprint density at radius 1 is 0.368 bits per heavy atom. The lowest BCUT2D eigenvalue weighted by Crippen LogP contribution is -2.28. The van der Waals surface area contributed by atoms with Gasteiger partial charge in [0, 0.05) is 22.3 Å². The Morgan fingerprint density at radius 3 is 1.76 bits per heavy atom. The van der Waals surface area contributed by atoms with Crippen molar-refractivity contribution in [3.8, 4) is 44.5 Å². The second kappa shape index (κ2) is 15.3. The Morgan fingerprint density at radius 2 is 0.956 bits per heavy atom. The van der Waals surface area contributed by atoms with Crippen LogP contribution in [0.5, 0.6) is 0 Å². The summed E-state index contributed by atoms with van der Waals surface area (Å²) in [7, 11) is 0. The van der Waals surface area contributed by atoms with Crippen LogP contribution in [0.4, 0.5) is 0 Å². The van der Waals surface area contributed by atoms with Gasteiger partial charge in [0.1, 0.15) is 11.2 Å². The van der Waals surface area contributed by atoms with Crippen molar-refractivity contribution < 1.29 is 4.42 Å². The van der Waals surface area contributed by atoms with Crippen LogP contribution in [0.2, 0.25) is 0 Å². The van der Waals surface area contributed by atoms with Crippen LogP contribution in [-0.4, -0.2) is 0 Å². The van der Waals surface area contributed by atoms with E-state index in [1.165, 1.54) is 99.8 Å². The van der Waals surface area contributed by atoms with Gasteiger partial charge < -0.3 is 4.42 Å². The summed E-state index contributed by atoms with van der Waals surface area (Å²) < 4.78 is 6.80. The van der Waals surface area contributed by atoms with Crippen LogP contribution in [0.15, 0.2) is 253 Å². The second-order valence-electron chi connectivity index (χ2n) is 18.5. The highest BCUT2D eigenvalue weighted by molar-refractivity contribution is 6.14. The zero-order chi connectivity index (χ0) is 44.8. The molecule has 0 amide bonds. The van der Waals surface area contributed by atoms with E-state index < -0.39 is 5.41 Å². The number of rotatable bonds is 7. The Balaban J connectivity index is 1.03. The highest BCUT2D eigenvalue weighted by atomic mass is 16.3. The van der Waals surface area contributed by atoms with Crippen LogP contribution < -0.4 is 0 Å². The van der Waals surface area contributed by atoms with E-state index >= 15 is 0 Å². The van der Waals surface area contributed by atoms with Gasteiger partial charge in [-0.1, -0.05) is 237 Å². The first-order chi connectivity index (χ1) is 33.8. The van der Waals surface area contributed by atoms with Gasteiger partial charge in [0.05, 0.1) is 5.41 Å². The van der Waals surface area contributed by atoms with Gasteiger partial charge in [0.25, 0.3) is 0 Å². The first-order valence-electron chi connectivity index (χ1n) is 23.8. The molecule has 12 aromatic rings. The molecule has 1 aromatic heterocycles. The first kappa shape index (κ1) is 38.7. The molecule has 0 fully saturated rings. The van der Waals surface area contributed by atoms with Crippen molar-refractivity contribution >= 4 is 32.7 Å². The van der Waals surface area contributed by atoms with Crippen molar-refractivity contribution in [2.75, 3.05) is 0 Å². The molecule has 68 heavy (non-hydrogen) atoms. The lowest BCUT2D eigenvalue weighted by atomic mass is 9.67. The van der Waals surface area contributed by atoms with Gasteiger partial charge in [-0.15, -0.1) is 0 Å². The molecule has 0 saturated heterocycles. The highest BCUT2D eigenvalue weighted by Crippen LogP contribution is 2.58. The predicted octanol–water partition coefficient (Wildman–Crippen LogP) is 17.2. The molecule has 1 nitrogen and oxygen atoms in total. The van der Waals surface area contributed by atoms with Gasteiger partial charge in [-0.2, -0.15) is 0 Å². The SMILES string of the molecule is c1ccc(-c2ccccc2C(c2ccc3c(c2)C(c2ccccc2)(c2ccccc2)c2ccccc2-3)c2cccc3c2Cc2c-3cc3ccccc3c2-c2cccc3c2oc2ccccc23)cc1. The normalized spacial score (nSPS) is 13.6. The lowest BCUT2D eigenvalue weighted by molar-refractivity contribution is 0.670. The van der Waals surface area contributed by atoms with Gasteiger partial charge in [-0.25, -0.2) is 0 Å². The van der Waals surface area contributed by atoms with Gasteiger partial charge in [-0.05, 0) is 118 Å². The largest absolute Gasteiger partial charge is 0.455 e. The standard InChI is InChI=1S/C67H44O/c1-4-20-43(21-5-1)48-27-12-13-31-54(48)64(45-38-39-52-51-29-14-16-36-61(51)67(62(52)41-45,46-23-6-2-7-24-46)47-25-8-3-9-26-47)55-33-18-32-50-58-40-44-22-10-11-28-49(44)65(60(58)42-59(50)55)57-35-19-34-56-53-30-15-17-37-63(53)68-66(56)57/h1-41,64H,42H2. The van der Waals surface area contributed by atoms with Crippen LogP contribution in [-0.2, 0) is 11.8 Å². The maximum Gasteiger partial charge on any atom is 0.143 e. The Bertz CT molecular complexity index is 3890. The number of para-hydroxylation sites is 2. The molecule has 0 saturated carbocycles. The second-order valence-corrected chi connectivity index (χ2v) is 18.5. The van der Waals surface area contributed by atoms with Crippen LogP contribution in [0.25, 0.3) is 77.2 Å². The molecule has 1 atom stereocenters. The summed E-state index contributed by atoms with van der Waals surface area (Å²) in [4.78, 5) is 0. The maximum atomic E-state index is 6.80. The maximum absolute atomic E-state index is 6.80. The fourth-order valence-corrected chi connectivity index (χ4v) is 12.4.